The van der Waals surface area contributed by atoms with E-state index in [1.807, 2.05) is 9.58 Å². The lowest BCUT2D eigenvalue weighted by molar-refractivity contribution is -0.138. The molecular formula is C15H24N4O3. The first-order valence-corrected chi connectivity index (χ1v) is 8.07. The van der Waals surface area contributed by atoms with Crippen LogP contribution in [0.15, 0.2) is 6.20 Å². The molecule has 0 spiro atoms. The van der Waals surface area contributed by atoms with Crippen LogP contribution in [0.25, 0.3) is 0 Å². The molecule has 0 radical (unpaired) electrons. The number of nitrogens with zero attached hydrogens (tertiary/aromatic N) is 4. The molecule has 7 heteroatoms. The number of rotatable bonds is 6. The van der Waals surface area contributed by atoms with Gasteiger partial charge in [-0.1, -0.05) is 11.6 Å². The molecule has 0 aliphatic carbocycles. The highest BCUT2D eigenvalue weighted by Gasteiger charge is 2.37. The minimum absolute atomic E-state index is 0.109. The summed E-state index contributed by atoms with van der Waals surface area (Å²) in [4.78, 5) is 14.3. The fourth-order valence-corrected chi connectivity index (χ4v) is 3.26. The van der Waals surface area contributed by atoms with Crippen LogP contribution >= 0.6 is 0 Å². The van der Waals surface area contributed by atoms with Gasteiger partial charge in [-0.3, -0.25) is 4.79 Å². The van der Waals surface area contributed by atoms with Gasteiger partial charge in [-0.25, -0.2) is 4.68 Å². The number of hydrogen-bond donors (Lipinski definition) is 0. The third kappa shape index (κ3) is 3.30. The van der Waals surface area contributed by atoms with Crippen molar-refractivity contribution in [1.29, 1.82) is 0 Å². The second-order valence-electron chi connectivity index (χ2n) is 6.02. The van der Waals surface area contributed by atoms with Crippen molar-refractivity contribution in [2.24, 2.45) is 0 Å². The Morgan fingerprint density at radius 3 is 3.23 bits per heavy atom. The van der Waals surface area contributed by atoms with Crippen molar-refractivity contribution in [1.82, 2.24) is 19.9 Å². The van der Waals surface area contributed by atoms with E-state index in [4.69, 9.17) is 9.47 Å². The molecule has 3 rings (SSSR count). The Morgan fingerprint density at radius 2 is 2.36 bits per heavy atom. The molecule has 122 valence electrons. The van der Waals surface area contributed by atoms with Gasteiger partial charge < -0.3 is 14.4 Å². The maximum atomic E-state index is 12.4. The highest BCUT2D eigenvalue weighted by Crippen LogP contribution is 2.30. The van der Waals surface area contributed by atoms with E-state index in [9.17, 15) is 4.79 Å². The lowest BCUT2D eigenvalue weighted by Gasteiger charge is -2.41. The summed E-state index contributed by atoms with van der Waals surface area (Å²) in [5, 5.41) is 8.13. The molecule has 0 aromatic carbocycles. The molecule has 0 N–H and O–H groups in total. The summed E-state index contributed by atoms with van der Waals surface area (Å²) in [5.41, 5.74) is 0.995. The topological polar surface area (TPSA) is 69.5 Å². The van der Waals surface area contributed by atoms with Gasteiger partial charge in [-0.05, 0) is 19.3 Å². The van der Waals surface area contributed by atoms with E-state index in [0.29, 0.717) is 19.6 Å². The van der Waals surface area contributed by atoms with Crippen molar-refractivity contribution >= 4 is 5.91 Å². The molecule has 7 nitrogen and oxygen atoms in total. The molecule has 1 amide bonds. The van der Waals surface area contributed by atoms with Crippen LogP contribution in [0.4, 0.5) is 0 Å². The zero-order chi connectivity index (χ0) is 15.4. The largest absolute Gasteiger partial charge is 0.385 e. The molecule has 1 fully saturated rings. The summed E-state index contributed by atoms with van der Waals surface area (Å²) in [6.45, 7) is 2.80. The maximum absolute atomic E-state index is 12.4. The molecule has 2 aliphatic rings. The van der Waals surface area contributed by atoms with Crippen molar-refractivity contribution in [3.63, 3.8) is 0 Å². The Morgan fingerprint density at radius 1 is 1.45 bits per heavy atom. The Bertz CT molecular complexity index is 505. The summed E-state index contributed by atoms with van der Waals surface area (Å²) in [7, 11) is 1.71. The smallest absolute Gasteiger partial charge is 0.222 e. The number of amides is 1. The quantitative estimate of drug-likeness (QED) is 0.738. The van der Waals surface area contributed by atoms with E-state index in [0.717, 1.165) is 44.5 Å². The Hall–Kier alpha value is -1.47. The van der Waals surface area contributed by atoms with Crippen molar-refractivity contribution < 1.29 is 14.3 Å². The third-order valence-corrected chi connectivity index (χ3v) is 4.52. The third-order valence-electron chi connectivity index (χ3n) is 4.52. The lowest BCUT2D eigenvalue weighted by Crippen LogP contribution is -2.49. The average molecular weight is 308 g/mol. The zero-order valence-corrected chi connectivity index (χ0v) is 13.1. The predicted molar refractivity (Wildman–Crippen MR) is 79.2 cm³/mol. The summed E-state index contributed by atoms with van der Waals surface area (Å²) in [6, 6.07) is 0.109. The van der Waals surface area contributed by atoms with E-state index in [1.165, 1.54) is 0 Å². The van der Waals surface area contributed by atoms with Crippen LogP contribution in [0.5, 0.6) is 0 Å². The number of methoxy groups -OCH3 is 1. The van der Waals surface area contributed by atoms with E-state index >= 15 is 0 Å². The van der Waals surface area contributed by atoms with Gasteiger partial charge in [0.2, 0.25) is 5.91 Å². The number of ether oxygens (including phenoxy) is 2. The van der Waals surface area contributed by atoms with Gasteiger partial charge in [-0.2, -0.15) is 0 Å². The molecule has 0 saturated carbocycles. The van der Waals surface area contributed by atoms with Gasteiger partial charge in [-0.15, -0.1) is 5.10 Å². The monoisotopic (exact) mass is 308 g/mol. The lowest BCUT2D eigenvalue weighted by atomic mass is 10.00. The number of hydrogen-bond acceptors (Lipinski definition) is 5. The first-order valence-electron chi connectivity index (χ1n) is 8.07. The fourth-order valence-electron chi connectivity index (χ4n) is 3.26. The van der Waals surface area contributed by atoms with Crippen LogP contribution in [0.1, 0.15) is 43.8 Å². The molecular weight excluding hydrogens is 284 g/mol. The Kier molecular flexibility index (Phi) is 5.04. The first-order chi connectivity index (χ1) is 10.8. The SMILES string of the molecule is COCCCCCC(=O)N1CC[C@@H]2OCc3cnnn3[C@H]2C1. The molecule has 2 aliphatic heterocycles. The summed E-state index contributed by atoms with van der Waals surface area (Å²) in [5.74, 6) is 0.239. The van der Waals surface area contributed by atoms with Crippen LogP contribution in [0.2, 0.25) is 0 Å². The van der Waals surface area contributed by atoms with Crippen LogP contribution in [0.3, 0.4) is 0 Å². The number of carbonyl (C=O) groups is 1. The number of carbonyl (C=O) groups excluding carboxylic acids is 1. The van der Waals surface area contributed by atoms with E-state index in [-0.39, 0.29) is 18.1 Å². The Labute approximate surface area is 130 Å². The molecule has 1 aromatic rings. The van der Waals surface area contributed by atoms with Crippen LogP contribution in [-0.2, 0) is 20.9 Å². The van der Waals surface area contributed by atoms with Gasteiger partial charge >= 0.3 is 0 Å². The van der Waals surface area contributed by atoms with E-state index in [2.05, 4.69) is 10.3 Å². The summed E-state index contributed by atoms with van der Waals surface area (Å²) >= 11 is 0. The minimum Gasteiger partial charge on any atom is -0.385 e. The van der Waals surface area contributed by atoms with Gasteiger partial charge in [0.15, 0.2) is 0 Å². The van der Waals surface area contributed by atoms with Gasteiger partial charge in [0.25, 0.3) is 0 Å². The number of likely N-dealkylation sites (tertiary alicyclic amines) is 1. The fraction of sp³-hybridized carbons (Fsp3) is 0.800. The molecule has 0 unspecified atom stereocenters. The highest BCUT2D eigenvalue weighted by molar-refractivity contribution is 5.76. The summed E-state index contributed by atoms with van der Waals surface area (Å²) < 4.78 is 12.8. The molecule has 0 bridgehead atoms. The molecule has 1 aromatic heterocycles. The van der Waals surface area contributed by atoms with Gasteiger partial charge in [0.05, 0.1) is 30.6 Å². The van der Waals surface area contributed by atoms with E-state index < -0.39 is 0 Å². The predicted octanol–water partition coefficient (Wildman–Crippen LogP) is 1.16. The van der Waals surface area contributed by atoms with E-state index in [1.54, 1.807) is 13.3 Å². The first kappa shape index (κ1) is 15.4. The van der Waals surface area contributed by atoms with Crippen LogP contribution < -0.4 is 0 Å². The van der Waals surface area contributed by atoms with Crippen LogP contribution in [-0.4, -0.2) is 58.7 Å². The molecule has 2 atom stereocenters. The van der Waals surface area contributed by atoms with Crippen LogP contribution in [0, 0.1) is 0 Å². The minimum atomic E-state index is 0.109. The molecule has 3 heterocycles. The maximum Gasteiger partial charge on any atom is 0.222 e. The number of unbranched alkanes of at least 4 members (excludes halogenated alkanes) is 2. The van der Waals surface area contributed by atoms with Gasteiger partial charge in [0, 0.05) is 33.2 Å². The van der Waals surface area contributed by atoms with Crippen molar-refractivity contribution in [2.75, 3.05) is 26.8 Å². The second-order valence-corrected chi connectivity index (χ2v) is 6.02. The van der Waals surface area contributed by atoms with Gasteiger partial charge in [0.1, 0.15) is 0 Å². The summed E-state index contributed by atoms with van der Waals surface area (Å²) in [6.07, 6.45) is 6.37. The van der Waals surface area contributed by atoms with Crippen molar-refractivity contribution in [3.05, 3.63) is 11.9 Å². The number of aromatic nitrogens is 3. The number of fused-ring (bicyclic) bond motifs is 3. The number of piperidine rings is 1. The average Bonchev–Trinajstić information content (AvgIpc) is 3.03. The normalized spacial score (nSPS) is 24.0. The molecule has 1 saturated heterocycles. The standard InChI is InChI=1S/C15H24N4O3/c1-21-8-4-2-3-5-15(20)18-7-6-14-13(10-18)19-12(11-22-14)9-16-17-19/h9,13-14H,2-8,10-11H2,1H3/t13-,14-/m0/s1. The highest BCUT2D eigenvalue weighted by atomic mass is 16.5. The zero-order valence-electron chi connectivity index (χ0n) is 13.1. The Balaban J connectivity index is 1.51. The van der Waals surface area contributed by atoms with Crippen molar-refractivity contribution in [2.45, 2.75) is 50.9 Å². The second kappa shape index (κ2) is 7.19. The molecule has 22 heavy (non-hydrogen) atoms. The van der Waals surface area contributed by atoms with Crippen molar-refractivity contribution in [3.8, 4) is 0 Å².